The molecule has 1 N–H and O–H groups in total. The second-order valence-electron chi connectivity index (χ2n) is 7.14. The standard InChI is InChI=1S/C23H17Cl3F3N3O4/c1-2-35-21-8-13(7-18(26)22(21)36-12-14-3-5-16(24)10-17(14)25)11-30-31-19-6-4-15(23(27,28)29)9-20(19)32(33)34/h3-11,31H,2,12H2,1H3/b30-11-. The van der Waals surface area contributed by atoms with Gasteiger partial charge < -0.3 is 9.47 Å². The largest absolute Gasteiger partial charge is 0.490 e. The van der Waals surface area contributed by atoms with Crippen molar-refractivity contribution < 1.29 is 27.6 Å². The molecule has 36 heavy (non-hydrogen) atoms. The average molecular weight is 563 g/mol. The minimum absolute atomic E-state index is 0.0857. The fraction of sp³-hybridized carbons (Fsp3) is 0.174. The molecular formula is C23H17Cl3F3N3O4. The van der Waals surface area contributed by atoms with Crippen molar-refractivity contribution >= 4 is 52.4 Å². The van der Waals surface area contributed by atoms with Gasteiger partial charge in [0.15, 0.2) is 11.5 Å². The summed E-state index contributed by atoms with van der Waals surface area (Å²) in [6, 6.07) is 10.1. The van der Waals surface area contributed by atoms with Crippen LogP contribution in [0, 0.1) is 10.1 Å². The number of anilines is 1. The molecule has 0 atom stereocenters. The maximum absolute atomic E-state index is 12.9. The summed E-state index contributed by atoms with van der Waals surface area (Å²) in [5.74, 6) is 0.560. The van der Waals surface area contributed by atoms with Crippen LogP contribution >= 0.6 is 34.8 Å². The number of nitrogens with one attached hydrogen (secondary N) is 1. The van der Waals surface area contributed by atoms with Crippen molar-refractivity contribution in [2.45, 2.75) is 19.7 Å². The van der Waals surface area contributed by atoms with Crippen LogP contribution < -0.4 is 14.9 Å². The van der Waals surface area contributed by atoms with Crippen molar-refractivity contribution in [2.75, 3.05) is 12.0 Å². The molecule has 0 bridgehead atoms. The maximum atomic E-state index is 12.9. The molecule has 0 aliphatic heterocycles. The Morgan fingerprint density at radius 2 is 1.81 bits per heavy atom. The van der Waals surface area contributed by atoms with Gasteiger partial charge in [-0.05, 0) is 48.9 Å². The summed E-state index contributed by atoms with van der Waals surface area (Å²) in [4.78, 5) is 10.3. The third-order valence-corrected chi connectivity index (χ3v) is 5.51. The van der Waals surface area contributed by atoms with E-state index >= 15 is 0 Å². The van der Waals surface area contributed by atoms with Gasteiger partial charge in [-0.2, -0.15) is 18.3 Å². The summed E-state index contributed by atoms with van der Waals surface area (Å²) in [7, 11) is 0. The lowest BCUT2D eigenvalue weighted by atomic mass is 10.1. The van der Waals surface area contributed by atoms with Gasteiger partial charge in [0.2, 0.25) is 0 Å². The molecule has 3 aromatic carbocycles. The van der Waals surface area contributed by atoms with Crippen molar-refractivity contribution in [1.29, 1.82) is 0 Å². The molecule has 0 radical (unpaired) electrons. The van der Waals surface area contributed by atoms with Crippen LogP contribution in [0.1, 0.15) is 23.6 Å². The Balaban J connectivity index is 1.81. The van der Waals surface area contributed by atoms with Gasteiger partial charge in [0, 0.05) is 21.7 Å². The summed E-state index contributed by atoms with van der Waals surface area (Å²) < 4.78 is 50.1. The van der Waals surface area contributed by atoms with E-state index in [0.29, 0.717) is 45.7 Å². The molecule has 0 aromatic heterocycles. The molecule has 0 aliphatic carbocycles. The molecular weight excluding hydrogens is 546 g/mol. The summed E-state index contributed by atoms with van der Waals surface area (Å²) in [6.45, 7) is 2.15. The average Bonchev–Trinajstić information content (AvgIpc) is 2.79. The second kappa shape index (κ2) is 11.7. The number of hydrazone groups is 1. The van der Waals surface area contributed by atoms with Gasteiger partial charge >= 0.3 is 6.18 Å². The lowest BCUT2D eigenvalue weighted by molar-refractivity contribution is -0.384. The van der Waals surface area contributed by atoms with Crippen LogP contribution in [0.4, 0.5) is 24.5 Å². The van der Waals surface area contributed by atoms with Crippen LogP contribution in [-0.4, -0.2) is 17.7 Å². The molecule has 7 nitrogen and oxygen atoms in total. The smallest absolute Gasteiger partial charge is 0.416 e. The number of halogens is 6. The van der Waals surface area contributed by atoms with E-state index in [1.807, 2.05) is 0 Å². The first-order valence-corrected chi connectivity index (χ1v) is 11.3. The summed E-state index contributed by atoms with van der Waals surface area (Å²) in [6.07, 6.45) is -3.45. The fourth-order valence-electron chi connectivity index (χ4n) is 2.98. The second-order valence-corrected chi connectivity index (χ2v) is 8.40. The molecule has 13 heteroatoms. The Morgan fingerprint density at radius 3 is 2.44 bits per heavy atom. The summed E-state index contributed by atoms with van der Waals surface area (Å²) >= 11 is 18.5. The molecule has 0 amide bonds. The van der Waals surface area contributed by atoms with Gasteiger partial charge in [-0.15, -0.1) is 0 Å². The highest BCUT2D eigenvalue weighted by molar-refractivity contribution is 6.35. The number of benzene rings is 3. The Labute approximate surface area is 218 Å². The minimum Gasteiger partial charge on any atom is -0.490 e. The SMILES string of the molecule is CCOc1cc(/C=N\Nc2ccc(C(F)(F)F)cc2[N+](=O)[O-])cc(Cl)c1OCc1ccc(Cl)cc1Cl. The molecule has 0 unspecified atom stereocenters. The topological polar surface area (TPSA) is 86.0 Å². The lowest BCUT2D eigenvalue weighted by Crippen LogP contribution is -2.06. The number of nitro groups is 1. The predicted octanol–water partition coefficient (Wildman–Crippen LogP) is 8.00. The number of nitrogens with zero attached hydrogens (tertiary/aromatic N) is 2. The number of alkyl halides is 3. The highest BCUT2D eigenvalue weighted by Gasteiger charge is 2.33. The van der Waals surface area contributed by atoms with Gasteiger partial charge in [0.1, 0.15) is 12.3 Å². The van der Waals surface area contributed by atoms with Crippen LogP contribution in [0.2, 0.25) is 15.1 Å². The molecule has 190 valence electrons. The van der Waals surface area contributed by atoms with Crippen LogP contribution in [0.15, 0.2) is 53.6 Å². The van der Waals surface area contributed by atoms with E-state index in [1.54, 1.807) is 31.2 Å². The van der Waals surface area contributed by atoms with E-state index in [-0.39, 0.29) is 23.1 Å². The van der Waals surface area contributed by atoms with Crippen LogP contribution in [0.5, 0.6) is 11.5 Å². The highest BCUT2D eigenvalue weighted by Crippen LogP contribution is 2.38. The minimum atomic E-state index is -4.72. The molecule has 3 rings (SSSR count). The first-order valence-electron chi connectivity index (χ1n) is 10.2. The van der Waals surface area contributed by atoms with Gasteiger partial charge in [-0.3, -0.25) is 15.5 Å². The van der Waals surface area contributed by atoms with E-state index < -0.39 is 22.4 Å². The Kier molecular flexibility index (Phi) is 8.89. The van der Waals surface area contributed by atoms with Gasteiger partial charge in [-0.25, -0.2) is 0 Å². The van der Waals surface area contributed by atoms with E-state index in [1.165, 1.54) is 12.3 Å². The van der Waals surface area contributed by atoms with Crippen molar-refractivity contribution in [1.82, 2.24) is 0 Å². The summed E-state index contributed by atoms with van der Waals surface area (Å²) in [5.41, 5.74) is 1.34. The van der Waals surface area contributed by atoms with E-state index in [0.717, 1.165) is 6.07 Å². The first-order chi connectivity index (χ1) is 17.0. The van der Waals surface area contributed by atoms with Crippen molar-refractivity contribution in [3.63, 3.8) is 0 Å². The molecule has 0 aliphatic rings. The lowest BCUT2D eigenvalue weighted by Gasteiger charge is -2.15. The van der Waals surface area contributed by atoms with Gasteiger partial charge in [-0.1, -0.05) is 40.9 Å². The Hall–Kier alpha value is -3.21. The Bertz CT molecular complexity index is 1300. The molecule has 0 saturated carbocycles. The zero-order valence-corrected chi connectivity index (χ0v) is 20.7. The molecule has 0 spiro atoms. The zero-order valence-electron chi connectivity index (χ0n) is 18.4. The van der Waals surface area contributed by atoms with E-state index in [4.69, 9.17) is 44.3 Å². The molecule has 0 fully saturated rings. The van der Waals surface area contributed by atoms with Crippen molar-refractivity contribution in [3.8, 4) is 11.5 Å². The number of hydrogen-bond acceptors (Lipinski definition) is 6. The zero-order chi connectivity index (χ0) is 26.5. The van der Waals surface area contributed by atoms with E-state index in [9.17, 15) is 23.3 Å². The number of ether oxygens (including phenoxy) is 2. The van der Waals surface area contributed by atoms with Crippen molar-refractivity contribution in [2.24, 2.45) is 5.10 Å². The normalized spacial score (nSPS) is 11.5. The first kappa shape index (κ1) is 27.4. The van der Waals surface area contributed by atoms with Gasteiger partial charge in [0.25, 0.3) is 5.69 Å². The monoisotopic (exact) mass is 561 g/mol. The van der Waals surface area contributed by atoms with Crippen LogP contribution in [0.3, 0.4) is 0 Å². The highest BCUT2D eigenvalue weighted by atomic mass is 35.5. The Morgan fingerprint density at radius 1 is 1.06 bits per heavy atom. The fourth-order valence-corrected chi connectivity index (χ4v) is 3.72. The molecule has 0 heterocycles. The van der Waals surface area contributed by atoms with Crippen LogP contribution in [-0.2, 0) is 12.8 Å². The molecule has 0 saturated heterocycles. The summed E-state index contributed by atoms with van der Waals surface area (Å²) in [5, 5.41) is 16.2. The number of hydrogen-bond donors (Lipinski definition) is 1. The van der Waals surface area contributed by atoms with E-state index in [2.05, 4.69) is 10.5 Å². The number of nitro benzene ring substituents is 1. The maximum Gasteiger partial charge on any atom is 0.416 e. The molecule has 3 aromatic rings. The van der Waals surface area contributed by atoms with Gasteiger partial charge in [0.05, 0.1) is 28.3 Å². The third kappa shape index (κ3) is 6.93. The predicted molar refractivity (Wildman–Crippen MR) is 133 cm³/mol. The number of rotatable bonds is 9. The van der Waals surface area contributed by atoms with Crippen LogP contribution in [0.25, 0.3) is 0 Å². The third-order valence-electron chi connectivity index (χ3n) is 4.64. The quantitative estimate of drug-likeness (QED) is 0.162. The van der Waals surface area contributed by atoms with Crippen molar-refractivity contribution in [3.05, 3.63) is 90.4 Å².